The Kier molecular flexibility index (Phi) is 4.12. The van der Waals surface area contributed by atoms with E-state index in [0.717, 1.165) is 25.7 Å². The first kappa shape index (κ1) is 12.5. The molecule has 0 spiro atoms. The first-order valence-electron chi connectivity index (χ1n) is 5.76. The molecule has 1 amide bonds. The van der Waals surface area contributed by atoms with Crippen LogP contribution < -0.4 is 5.32 Å². The molecule has 0 saturated heterocycles. The average molecular weight is 299 g/mol. The molecule has 2 rings (SSSR count). The summed E-state index contributed by atoms with van der Waals surface area (Å²) in [5.41, 5.74) is 0.422. The molecule has 0 unspecified atom stereocenters. The van der Waals surface area contributed by atoms with Crippen molar-refractivity contribution in [3.8, 4) is 0 Å². The lowest BCUT2D eigenvalue weighted by molar-refractivity contribution is 0.0863. The molecule has 4 nitrogen and oxygen atoms in total. The van der Waals surface area contributed by atoms with Crippen molar-refractivity contribution in [3.05, 3.63) is 28.5 Å². The molecule has 1 aromatic rings. The number of aliphatic hydroxyl groups excluding tert-OH is 1. The van der Waals surface area contributed by atoms with Crippen molar-refractivity contribution in [3.63, 3.8) is 0 Å². The molecule has 17 heavy (non-hydrogen) atoms. The number of rotatable bonds is 2. The van der Waals surface area contributed by atoms with E-state index in [9.17, 15) is 9.90 Å². The van der Waals surface area contributed by atoms with Crippen LogP contribution in [0.25, 0.3) is 0 Å². The number of aromatic nitrogens is 1. The minimum absolute atomic E-state index is 0.146. The van der Waals surface area contributed by atoms with E-state index < -0.39 is 0 Å². The van der Waals surface area contributed by atoms with Gasteiger partial charge in [-0.2, -0.15) is 0 Å². The van der Waals surface area contributed by atoms with Gasteiger partial charge in [0.15, 0.2) is 0 Å². The number of carbonyl (C=O) groups excluding carboxylic acids is 1. The number of aliphatic hydroxyl groups is 1. The summed E-state index contributed by atoms with van der Waals surface area (Å²) < 4.78 is 0.657. The summed E-state index contributed by atoms with van der Waals surface area (Å²) in [5.74, 6) is -0.146. The van der Waals surface area contributed by atoms with E-state index in [2.05, 4.69) is 26.2 Å². The maximum Gasteiger partial charge on any atom is 0.270 e. The van der Waals surface area contributed by atoms with Crippen LogP contribution in [0.15, 0.2) is 22.8 Å². The molecule has 92 valence electrons. The Morgan fingerprint density at radius 1 is 1.35 bits per heavy atom. The first-order valence-corrected chi connectivity index (χ1v) is 6.56. The molecule has 5 heteroatoms. The van der Waals surface area contributed by atoms with E-state index in [0.29, 0.717) is 10.3 Å². The van der Waals surface area contributed by atoms with Crippen LogP contribution in [0, 0.1) is 0 Å². The minimum Gasteiger partial charge on any atom is -0.393 e. The zero-order valence-corrected chi connectivity index (χ0v) is 11.0. The second-order valence-electron chi connectivity index (χ2n) is 4.32. The average Bonchev–Trinajstić information content (AvgIpc) is 2.32. The normalized spacial score (nSPS) is 24.4. The molecule has 1 aromatic heterocycles. The number of nitrogens with zero attached hydrogens (tertiary/aromatic N) is 1. The molecule has 1 aliphatic carbocycles. The molecule has 1 saturated carbocycles. The van der Waals surface area contributed by atoms with Gasteiger partial charge in [-0.05, 0) is 53.7 Å². The second-order valence-corrected chi connectivity index (χ2v) is 5.14. The van der Waals surface area contributed by atoms with E-state index in [1.54, 1.807) is 18.2 Å². The van der Waals surface area contributed by atoms with Gasteiger partial charge in [0.1, 0.15) is 10.3 Å². The van der Waals surface area contributed by atoms with Crippen LogP contribution in [0.5, 0.6) is 0 Å². The SMILES string of the molecule is O=C(N[C@H]1CC[C@H](O)CC1)c1cccc(Br)n1. The molecule has 0 aromatic carbocycles. The highest BCUT2D eigenvalue weighted by atomic mass is 79.9. The van der Waals surface area contributed by atoms with Gasteiger partial charge in [0.25, 0.3) is 5.91 Å². The molecule has 0 atom stereocenters. The van der Waals surface area contributed by atoms with Crippen molar-refractivity contribution in [1.82, 2.24) is 10.3 Å². The summed E-state index contributed by atoms with van der Waals surface area (Å²) in [6.45, 7) is 0. The van der Waals surface area contributed by atoms with Crippen molar-refractivity contribution in [2.45, 2.75) is 37.8 Å². The largest absolute Gasteiger partial charge is 0.393 e. The van der Waals surface area contributed by atoms with Gasteiger partial charge in [-0.3, -0.25) is 4.79 Å². The number of halogens is 1. The Labute approximate surface area is 109 Å². The van der Waals surface area contributed by atoms with Gasteiger partial charge in [-0.1, -0.05) is 6.07 Å². The maximum absolute atomic E-state index is 11.9. The molecule has 1 fully saturated rings. The Morgan fingerprint density at radius 3 is 2.71 bits per heavy atom. The third kappa shape index (κ3) is 3.51. The lowest BCUT2D eigenvalue weighted by Crippen LogP contribution is -2.38. The van der Waals surface area contributed by atoms with Gasteiger partial charge >= 0.3 is 0 Å². The van der Waals surface area contributed by atoms with Crippen molar-refractivity contribution in [1.29, 1.82) is 0 Å². The zero-order chi connectivity index (χ0) is 12.3. The van der Waals surface area contributed by atoms with Crippen LogP contribution in [-0.4, -0.2) is 28.1 Å². The molecule has 2 N–H and O–H groups in total. The van der Waals surface area contributed by atoms with Gasteiger partial charge in [0, 0.05) is 6.04 Å². The zero-order valence-electron chi connectivity index (χ0n) is 9.40. The number of carbonyl (C=O) groups is 1. The van der Waals surface area contributed by atoms with Crippen LogP contribution in [0.4, 0.5) is 0 Å². The standard InChI is InChI=1S/C12H15BrN2O2/c13-11-3-1-2-10(15-11)12(17)14-8-4-6-9(16)7-5-8/h1-3,8-9,16H,4-7H2,(H,14,17)/t8-,9-. The number of pyridine rings is 1. The number of nitrogens with one attached hydrogen (secondary N) is 1. The highest BCUT2D eigenvalue weighted by Crippen LogP contribution is 2.18. The summed E-state index contributed by atoms with van der Waals surface area (Å²) in [6.07, 6.45) is 2.99. The minimum atomic E-state index is -0.202. The van der Waals surface area contributed by atoms with E-state index in [4.69, 9.17) is 0 Å². The highest BCUT2D eigenvalue weighted by Gasteiger charge is 2.21. The number of hydrogen-bond donors (Lipinski definition) is 2. The molecule has 0 bridgehead atoms. The van der Waals surface area contributed by atoms with E-state index >= 15 is 0 Å². The Bertz CT molecular complexity index is 403. The quantitative estimate of drug-likeness (QED) is 0.820. The van der Waals surface area contributed by atoms with Crippen molar-refractivity contribution in [2.24, 2.45) is 0 Å². The summed E-state index contributed by atoms with van der Waals surface area (Å²) in [7, 11) is 0. The molecule has 0 aliphatic heterocycles. The predicted molar refractivity (Wildman–Crippen MR) is 67.7 cm³/mol. The third-order valence-electron chi connectivity index (χ3n) is 2.98. The lowest BCUT2D eigenvalue weighted by Gasteiger charge is -2.25. The fourth-order valence-corrected chi connectivity index (χ4v) is 2.36. The van der Waals surface area contributed by atoms with E-state index in [-0.39, 0.29) is 18.1 Å². The van der Waals surface area contributed by atoms with Gasteiger partial charge in [-0.25, -0.2) is 4.98 Å². The number of amides is 1. The van der Waals surface area contributed by atoms with Crippen molar-refractivity contribution >= 4 is 21.8 Å². The second kappa shape index (κ2) is 5.60. The molecule has 0 radical (unpaired) electrons. The van der Waals surface area contributed by atoms with Crippen LogP contribution in [-0.2, 0) is 0 Å². The van der Waals surface area contributed by atoms with Crippen LogP contribution >= 0.6 is 15.9 Å². The highest BCUT2D eigenvalue weighted by molar-refractivity contribution is 9.10. The smallest absolute Gasteiger partial charge is 0.270 e. The van der Waals surface area contributed by atoms with E-state index in [1.165, 1.54) is 0 Å². The Morgan fingerprint density at radius 2 is 2.06 bits per heavy atom. The summed E-state index contributed by atoms with van der Waals surface area (Å²) in [6, 6.07) is 5.42. The van der Waals surface area contributed by atoms with Gasteiger partial charge in [-0.15, -0.1) is 0 Å². The maximum atomic E-state index is 11.9. The van der Waals surface area contributed by atoms with Gasteiger partial charge in [0.2, 0.25) is 0 Å². The van der Waals surface area contributed by atoms with Gasteiger partial charge < -0.3 is 10.4 Å². The molecule has 1 aliphatic rings. The van der Waals surface area contributed by atoms with Crippen LogP contribution in [0.2, 0.25) is 0 Å². The summed E-state index contributed by atoms with van der Waals surface area (Å²) in [5, 5.41) is 12.3. The molecule has 1 heterocycles. The molecular weight excluding hydrogens is 284 g/mol. The van der Waals surface area contributed by atoms with Crippen LogP contribution in [0.3, 0.4) is 0 Å². The monoisotopic (exact) mass is 298 g/mol. The van der Waals surface area contributed by atoms with Crippen molar-refractivity contribution < 1.29 is 9.90 Å². The molecular formula is C12H15BrN2O2. The fraction of sp³-hybridized carbons (Fsp3) is 0.500. The fourth-order valence-electron chi connectivity index (χ4n) is 2.01. The van der Waals surface area contributed by atoms with Gasteiger partial charge in [0.05, 0.1) is 6.10 Å². The van der Waals surface area contributed by atoms with E-state index in [1.807, 2.05) is 0 Å². The summed E-state index contributed by atoms with van der Waals surface area (Å²) >= 11 is 3.24. The lowest BCUT2D eigenvalue weighted by atomic mass is 9.93. The Balaban J connectivity index is 1.93. The predicted octanol–water partition coefficient (Wildman–Crippen LogP) is 1.88. The summed E-state index contributed by atoms with van der Waals surface area (Å²) in [4.78, 5) is 16.0. The number of hydrogen-bond acceptors (Lipinski definition) is 3. The first-order chi connectivity index (χ1) is 8.15. The van der Waals surface area contributed by atoms with Crippen molar-refractivity contribution in [2.75, 3.05) is 0 Å². The Hall–Kier alpha value is -0.940. The van der Waals surface area contributed by atoms with Crippen LogP contribution in [0.1, 0.15) is 36.2 Å². The third-order valence-corrected chi connectivity index (χ3v) is 3.42. The topological polar surface area (TPSA) is 62.2 Å².